The molecule has 0 saturated heterocycles. The van der Waals surface area contributed by atoms with E-state index in [2.05, 4.69) is 5.32 Å². The number of hydrogen-bond donors (Lipinski definition) is 2. The van der Waals surface area contributed by atoms with Crippen molar-refractivity contribution in [2.45, 2.75) is 31.7 Å². The molecule has 0 spiro atoms. The molecule has 130 valence electrons. The number of phenolic OH excluding ortho intramolecular Hbond substituents is 1. The van der Waals surface area contributed by atoms with Crippen molar-refractivity contribution in [1.82, 2.24) is 9.38 Å². The van der Waals surface area contributed by atoms with Crippen LogP contribution >= 0.6 is 11.6 Å². The predicted molar refractivity (Wildman–Crippen MR) is 99.7 cm³/mol. The number of fused-ring (bicyclic) bond motifs is 1. The van der Waals surface area contributed by atoms with E-state index >= 15 is 0 Å². The summed E-state index contributed by atoms with van der Waals surface area (Å²) < 4.78 is 7.12. The summed E-state index contributed by atoms with van der Waals surface area (Å²) in [6.45, 7) is 0. The van der Waals surface area contributed by atoms with Gasteiger partial charge in [0.1, 0.15) is 17.2 Å². The minimum Gasteiger partial charge on any atom is -0.504 e. The van der Waals surface area contributed by atoms with Crippen molar-refractivity contribution >= 4 is 23.1 Å². The number of anilines is 1. The second-order valence-corrected chi connectivity index (χ2v) is 6.83. The molecule has 0 atom stereocenters. The Morgan fingerprint density at radius 3 is 2.76 bits per heavy atom. The van der Waals surface area contributed by atoms with Gasteiger partial charge in [-0.25, -0.2) is 4.98 Å². The van der Waals surface area contributed by atoms with Crippen molar-refractivity contribution < 1.29 is 9.84 Å². The van der Waals surface area contributed by atoms with Crippen molar-refractivity contribution in [3.8, 4) is 22.8 Å². The summed E-state index contributed by atoms with van der Waals surface area (Å²) in [5.74, 6) is 1.46. The summed E-state index contributed by atoms with van der Waals surface area (Å²) in [7, 11) is 1.54. The highest BCUT2D eigenvalue weighted by Crippen LogP contribution is 2.36. The Morgan fingerprint density at radius 2 is 2.04 bits per heavy atom. The third kappa shape index (κ3) is 3.00. The molecule has 0 amide bonds. The number of phenols is 1. The fourth-order valence-electron chi connectivity index (χ4n) is 3.46. The van der Waals surface area contributed by atoms with Gasteiger partial charge in [-0.05, 0) is 43.2 Å². The molecule has 1 aliphatic rings. The van der Waals surface area contributed by atoms with Crippen LogP contribution in [0.25, 0.3) is 16.9 Å². The second kappa shape index (κ2) is 6.48. The SMILES string of the molecule is COc1ccc(-c2nc3ccc(Cl)cn3c2NC2CCCC2)cc1O. The molecule has 1 aliphatic carbocycles. The smallest absolute Gasteiger partial charge is 0.160 e. The Morgan fingerprint density at radius 1 is 1.24 bits per heavy atom. The first-order chi connectivity index (χ1) is 12.2. The van der Waals surface area contributed by atoms with Gasteiger partial charge >= 0.3 is 0 Å². The summed E-state index contributed by atoms with van der Waals surface area (Å²) in [4.78, 5) is 4.75. The number of aromatic hydroxyl groups is 1. The van der Waals surface area contributed by atoms with E-state index in [-0.39, 0.29) is 5.75 Å². The van der Waals surface area contributed by atoms with E-state index in [9.17, 15) is 5.11 Å². The van der Waals surface area contributed by atoms with Crippen LogP contribution < -0.4 is 10.1 Å². The van der Waals surface area contributed by atoms with Gasteiger partial charge in [0.2, 0.25) is 0 Å². The number of benzene rings is 1. The van der Waals surface area contributed by atoms with Crippen LogP contribution in [0.4, 0.5) is 5.82 Å². The molecule has 0 unspecified atom stereocenters. The summed E-state index contributed by atoms with van der Waals surface area (Å²) in [5.41, 5.74) is 2.45. The Kier molecular flexibility index (Phi) is 4.17. The van der Waals surface area contributed by atoms with Crippen molar-refractivity contribution in [2.24, 2.45) is 0 Å². The number of rotatable bonds is 4. The average molecular weight is 358 g/mol. The highest BCUT2D eigenvalue weighted by Gasteiger charge is 2.21. The average Bonchev–Trinajstić information content (AvgIpc) is 3.23. The van der Waals surface area contributed by atoms with Crippen LogP contribution in [0.1, 0.15) is 25.7 Å². The lowest BCUT2D eigenvalue weighted by Gasteiger charge is -2.15. The van der Waals surface area contributed by atoms with E-state index in [4.69, 9.17) is 21.3 Å². The fourth-order valence-corrected chi connectivity index (χ4v) is 3.62. The van der Waals surface area contributed by atoms with Gasteiger partial charge in [-0.1, -0.05) is 24.4 Å². The standard InChI is InChI=1S/C19H20ClN3O2/c1-25-16-8-6-12(10-15(16)24)18-19(21-14-4-2-3-5-14)23-11-13(20)7-9-17(23)22-18/h6-11,14,21,24H,2-5H2,1H3. The van der Waals surface area contributed by atoms with E-state index in [1.165, 1.54) is 20.0 Å². The maximum atomic E-state index is 10.1. The minimum atomic E-state index is 0.0990. The number of methoxy groups -OCH3 is 1. The summed E-state index contributed by atoms with van der Waals surface area (Å²) in [6.07, 6.45) is 6.66. The molecular formula is C19H20ClN3O2. The molecular weight excluding hydrogens is 338 g/mol. The molecule has 6 heteroatoms. The first kappa shape index (κ1) is 16.1. The van der Waals surface area contributed by atoms with Gasteiger partial charge in [0.15, 0.2) is 11.5 Å². The highest BCUT2D eigenvalue weighted by molar-refractivity contribution is 6.30. The quantitative estimate of drug-likeness (QED) is 0.709. The predicted octanol–water partition coefficient (Wildman–Crippen LogP) is 4.72. The monoisotopic (exact) mass is 357 g/mol. The largest absolute Gasteiger partial charge is 0.504 e. The fraction of sp³-hybridized carbons (Fsp3) is 0.316. The first-order valence-corrected chi connectivity index (χ1v) is 8.85. The van der Waals surface area contributed by atoms with Crippen molar-refractivity contribution in [3.63, 3.8) is 0 Å². The van der Waals surface area contributed by atoms with E-state index in [1.807, 2.05) is 28.8 Å². The van der Waals surface area contributed by atoms with Gasteiger partial charge in [-0.3, -0.25) is 4.40 Å². The van der Waals surface area contributed by atoms with Crippen molar-refractivity contribution in [1.29, 1.82) is 0 Å². The van der Waals surface area contributed by atoms with E-state index in [0.29, 0.717) is 16.8 Å². The number of ether oxygens (including phenoxy) is 1. The molecule has 2 N–H and O–H groups in total. The molecule has 0 bridgehead atoms. The molecule has 2 aromatic heterocycles. The van der Waals surface area contributed by atoms with Gasteiger partial charge in [0, 0.05) is 17.8 Å². The first-order valence-electron chi connectivity index (χ1n) is 8.47. The van der Waals surface area contributed by atoms with Crippen molar-refractivity contribution in [2.75, 3.05) is 12.4 Å². The van der Waals surface area contributed by atoms with E-state index < -0.39 is 0 Å². The number of imidazole rings is 1. The topological polar surface area (TPSA) is 58.8 Å². The van der Waals surface area contributed by atoms with Gasteiger partial charge in [0.25, 0.3) is 0 Å². The summed E-state index contributed by atoms with van der Waals surface area (Å²) >= 11 is 6.19. The molecule has 25 heavy (non-hydrogen) atoms. The number of pyridine rings is 1. The van der Waals surface area contributed by atoms with Crippen LogP contribution in [0.15, 0.2) is 36.5 Å². The van der Waals surface area contributed by atoms with Crippen LogP contribution in [-0.2, 0) is 0 Å². The minimum absolute atomic E-state index is 0.0990. The van der Waals surface area contributed by atoms with E-state index in [1.54, 1.807) is 12.1 Å². The molecule has 4 rings (SSSR count). The lowest BCUT2D eigenvalue weighted by molar-refractivity contribution is 0.373. The molecule has 0 radical (unpaired) electrons. The Bertz CT molecular complexity index is 916. The van der Waals surface area contributed by atoms with Gasteiger partial charge in [0.05, 0.1) is 12.1 Å². The van der Waals surface area contributed by atoms with Crippen LogP contribution in [0.5, 0.6) is 11.5 Å². The number of nitrogens with one attached hydrogen (secondary N) is 1. The second-order valence-electron chi connectivity index (χ2n) is 6.40. The highest BCUT2D eigenvalue weighted by atomic mass is 35.5. The van der Waals surface area contributed by atoms with Crippen LogP contribution in [0.2, 0.25) is 5.02 Å². The number of hydrogen-bond acceptors (Lipinski definition) is 4. The van der Waals surface area contributed by atoms with E-state index in [0.717, 1.165) is 35.6 Å². The maximum absolute atomic E-state index is 10.1. The molecule has 1 fully saturated rings. The molecule has 1 aromatic carbocycles. The lowest BCUT2D eigenvalue weighted by atomic mass is 10.1. The molecule has 0 aliphatic heterocycles. The van der Waals surface area contributed by atoms with Gasteiger partial charge < -0.3 is 15.2 Å². The number of halogens is 1. The third-order valence-corrected chi connectivity index (χ3v) is 4.95. The van der Waals surface area contributed by atoms with Gasteiger partial charge in [-0.2, -0.15) is 0 Å². The zero-order valence-electron chi connectivity index (χ0n) is 14.0. The Hall–Kier alpha value is -2.40. The summed E-state index contributed by atoms with van der Waals surface area (Å²) in [6, 6.07) is 9.50. The number of aromatic nitrogens is 2. The van der Waals surface area contributed by atoms with Crippen LogP contribution in [-0.4, -0.2) is 27.6 Å². The van der Waals surface area contributed by atoms with Crippen molar-refractivity contribution in [3.05, 3.63) is 41.6 Å². The molecule has 1 saturated carbocycles. The summed E-state index contributed by atoms with van der Waals surface area (Å²) in [5, 5.41) is 14.4. The Labute approximate surface area is 151 Å². The van der Waals surface area contributed by atoms with Gasteiger partial charge in [-0.15, -0.1) is 0 Å². The lowest BCUT2D eigenvalue weighted by Crippen LogP contribution is -2.16. The molecule has 2 heterocycles. The Balaban J connectivity index is 1.85. The molecule has 5 nitrogen and oxygen atoms in total. The third-order valence-electron chi connectivity index (χ3n) is 4.73. The normalized spacial score (nSPS) is 15.0. The number of nitrogens with zero attached hydrogens (tertiary/aromatic N) is 2. The zero-order valence-corrected chi connectivity index (χ0v) is 14.8. The molecule has 3 aromatic rings. The maximum Gasteiger partial charge on any atom is 0.160 e. The van der Waals surface area contributed by atoms with Crippen LogP contribution in [0, 0.1) is 0 Å². The van der Waals surface area contributed by atoms with Crippen LogP contribution in [0.3, 0.4) is 0 Å². The zero-order chi connectivity index (χ0) is 17.4.